The van der Waals surface area contributed by atoms with E-state index in [0.29, 0.717) is 28.6 Å². The number of carbonyl (C=O) groups is 1. The molecular formula is C12H10ClNO3. The highest BCUT2D eigenvalue weighted by Crippen LogP contribution is 2.36. The SMILES string of the molecule is CC(=O)NCC#Cc1cc2c(cc1Cl)OCO2. The fourth-order valence-electron chi connectivity index (χ4n) is 1.32. The van der Waals surface area contributed by atoms with Gasteiger partial charge < -0.3 is 14.8 Å². The molecule has 0 unspecified atom stereocenters. The van der Waals surface area contributed by atoms with Crippen LogP contribution in [0.15, 0.2) is 12.1 Å². The van der Waals surface area contributed by atoms with E-state index in [4.69, 9.17) is 21.1 Å². The molecule has 1 heterocycles. The molecule has 0 bridgehead atoms. The fourth-order valence-corrected chi connectivity index (χ4v) is 1.52. The molecule has 4 nitrogen and oxygen atoms in total. The van der Waals surface area contributed by atoms with Crippen LogP contribution in [0.4, 0.5) is 0 Å². The van der Waals surface area contributed by atoms with E-state index in [-0.39, 0.29) is 12.7 Å². The molecule has 5 heteroatoms. The summed E-state index contributed by atoms with van der Waals surface area (Å²) in [6.07, 6.45) is 0. The van der Waals surface area contributed by atoms with Crippen LogP contribution in [0.1, 0.15) is 12.5 Å². The van der Waals surface area contributed by atoms with Gasteiger partial charge in [0.15, 0.2) is 11.5 Å². The highest BCUT2D eigenvalue weighted by Gasteiger charge is 2.15. The van der Waals surface area contributed by atoms with Crippen LogP contribution in [0.5, 0.6) is 11.5 Å². The highest BCUT2D eigenvalue weighted by molar-refractivity contribution is 6.32. The van der Waals surface area contributed by atoms with E-state index in [1.165, 1.54) is 6.92 Å². The van der Waals surface area contributed by atoms with Crippen molar-refractivity contribution in [3.63, 3.8) is 0 Å². The largest absolute Gasteiger partial charge is 0.454 e. The summed E-state index contributed by atoms with van der Waals surface area (Å²) in [7, 11) is 0. The van der Waals surface area contributed by atoms with Crippen LogP contribution >= 0.6 is 11.6 Å². The average molecular weight is 252 g/mol. The molecule has 1 aliphatic rings. The fraction of sp³-hybridized carbons (Fsp3) is 0.250. The molecule has 1 aromatic rings. The molecule has 1 N–H and O–H groups in total. The summed E-state index contributed by atoms with van der Waals surface area (Å²) in [4.78, 5) is 10.6. The van der Waals surface area contributed by atoms with Crippen LogP contribution in [0.3, 0.4) is 0 Å². The third kappa shape index (κ3) is 2.83. The molecule has 1 amide bonds. The minimum Gasteiger partial charge on any atom is -0.454 e. The maximum atomic E-state index is 10.6. The molecule has 0 fully saturated rings. The molecule has 0 atom stereocenters. The lowest BCUT2D eigenvalue weighted by atomic mass is 10.2. The molecule has 0 saturated carbocycles. The number of benzene rings is 1. The second kappa shape index (κ2) is 4.98. The summed E-state index contributed by atoms with van der Waals surface area (Å²) in [5.74, 6) is 6.82. The minimum atomic E-state index is -0.115. The Bertz CT molecular complexity index is 516. The number of hydrogen-bond acceptors (Lipinski definition) is 3. The lowest BCUT2D eigenvalue weighted by Gasteiger charge is -1.99. The maximum Gasteiger partial charge on any atom is 0.231 e. The number of halogens is 1. The summed E-state index contributed by atoms with van der Waals surface area (Å²) in [6, 6.07) is 3.40. The topological polar surface area (TPSA) is 47.6 Å². The minimum absolute atomic E-state index is 0.115. The van der Waals surface area contributed by atoms with E-state index in [2.05, 4.69) is 17.2 Å². The predicted octanol–water partition coefficient (Wildman–Crippen LogP) is 1.56. The second-order valence-corrected chi connectivity index (χ2v) is 3.80. The number of fused-ring (bicyclic) bond motifs is 1. The monoisotopic (exact) mass is 251 g/mol. The summed E-state index contributed by atoms with van der Waals surface area (Å²) >= 11 is 6.02. The Kier molecular flexibility index (Phi) is 3.40. The first kappa shape index (κ1) is 11.6. The predicted molar refractivity (Wildman–Crippen MR) is 63.1 cm³/mol. The van der Waals surface area contributed by atoms with Gasteiger partial charge in [0.1, 0.15) is 0 Å². The van der Waals surface area contributed by atoms with E-state index < -0.39 is 0 Å². The van der Waals surface area contributed by atoms with Crippen molar-refractivity contribution in [3.05, 3.63) is 22.7 Å². The standard InChI is InChI=1S/C12H10ClNO3/c1-8(15)14-4-2-3-9-5-11-12(6-10(9)13)17-7-16-11/h5-6H,4,7H2,1H3,(H,14,15). The van der Waals surface area contributed by atoms with Crippen LogP contribution < -0.4 is 14.8 Å². The molecule has 0 saturated heterocycles. The van der Waals surface area contributed by atoms with E-state index in [1.807, 2.05) is 0 Å². The highest BCUT2D eigenvalue weighted by atomic mass is 35.5. The first-order valence-corrected chi connectivity index (χ1v) is 5.37. The van der Waals surface area contributed by atoms with Gasteiger partial charge in [0, 0.05) is 24.6 Å². The lowest BCUT2D eigenvalue weighted by Crippen LogP contribution is -2.19. The maximum absolute atomic E-state index is 10.6. The Balaban J connectivity index is 2.13. The Hall–Kier alpha value is -1.86. The Morgan fingerprint density at radius 1 is 1.47 bits per heavy atom. The number of carbonyl (C=O) groups excluding carboxylic acids is 1. The van der Waals surface area contributed by atoms with Crippen molar-refractivity contribution < 1.29 is 14.3 Å². The van der Waals surface area contributed by atoms with Crippen molar-refractivity contribution in [1.29, 1.82) is 0 Å². The quantitative estimate of drug-likeness (QED) is 0.771. The summed E-state index contributed by atoms with van der Waals surface area (Å²) < 4.78 is 10.4. The Morgan fingerprint density at radius 2 is 2.18 bits per heavy atom. The van der Waals surface area contributed by atoms with Crippen LogP contribution in [-0.2, 0) is 4.79 Å². The number of amides is 1. The molecule has 0 aromatic heterocycles. The van der Waals surface area contributed by atoms with E-state index in [0.717, 1.165) is 0 Å². The number of ether oxygens (including phenoxy) is 2. The van der Waals surface area contributed by atoms with Gasteiger partial charge in [0.25, 0.3) is 0 Å². The van der Waals surface area contributed by atoms with Gasteiger partial charge in [-0.3, -0.25) is 4.79 Å². The summed E-state index contributed by atoms with van der Waals surface area (Å²) in [5.41, 5.74) is 0.654. The van der Waals surface area contributed by atoms with E-state index in [9.17, 15) is 4.79 Å². The van der Waals surface area contributed by atoms with Gasteiger partial charge >= 0.3 is 0 Å². The zero-order chi connectivity index (χ0) is 12.3. The van der Waals surface area contributed by atoms with Crippen LogP contribution in [0, 0.1) is 11.8 Å². The first-order valence-electron chi connectivity index (χ1n) is 4.99. The Labute approximate surface area is 104 Å². The number of hydrogen-bond donors (Lipinski definition) is 1. The molecule has 1 aliphatic heterocycles. The average Bonchev–Trinajstić information content (AvgIpc) is 2.71. The summed E-state index contributed by atoms with van der Waals surface area (Å²) in [5, 5.41) is 3.08. The van der Waals surface area contributed by atoms with Gasteiger partial charge in [-0.25, -0.2) is 0 Å². The van der Waals surface area contributed by atoms with Gasteiger partial charge in [-0.15, -0.1) is 0 Å². The van der Waals surface area contributed by atoms with Gasteiger partial charge in [-0.2, -0.15) is 0 Å². The van der Waals surface area contributed by atoms with E-state index in [1.54, 1.807) is 12.1 Å². The van der Waals surface area contributed by atoms with Crippen LogP contribution in [0.25, 0.3) is 0 Å². The third-order valence-corrected chi connectivity index (χ3v) is 2.42. The van der Waals surface area contributed by atoms with Crippen molar-refractivity contribution in [3.8, 4) is 23.3 Å². The molecule has 88 valence electrons. The molecule has 1 aromatic carbocycles. The normalized spacial score (nSPS) is 11.6. The molecule has 0 radical (unpaired) electrons. The second-order valence-electron chi connectivity index (χ2n) is 3.40. The zero-order valence-electron chi connectivity index (χ0n) is 9.17. The zero-order valence-corrected chi connectivity index (χ0v) is 9.93. The van der Waals surface area contributed by atoms with Crippen LogP contribution in [0.2, 0.25) is 5.02 Å². The van der Waals surface area contributed by atoms with Gasteiger partial charge in [-0.05, 0) is 0 Å². The van der Waals surface area contributed by atoms with Crippen molar-refractivity contribution >= 4 is 17.5 Å². The molecule has 17 heavy (non-hydrogen) atoms. The van der Waals surface area contributed by atoms with Crippen LogP contribution in [-0.4, -0.2) is 19.2 Å². The third-order valence-electron chi connectivity index (χ3n) is 2.11. The molecular weight excluding hydrogens is 242 g/mol. The van der Waals surface area contributed by atoms with Crippen molar-refractivity contribution in [1.82, 2.24) is 5.32 Å². The van der Waals surface area contributed by atoms with E-state index >= 15 is 0 Å². The van der Waals surface area contributed by atoms with Gasteiger partial charge in [-0.1, -0.05) is 23.4 Å². The van der Waals surface area contributed by atoms with Crippen molar-refractivity contribution in [2.24, 2.45) is 0 Å². The molecule has 0 spiro atoms. The van der Waals surface area contributed by atoms with Crippen molar-refractivity contribution in [2.45, 2.75) is 6.92 Å². The van der Waals surface area contributed by atoms with Gasteiger partial charge in [0.05, 0.1) is 11.6 Å². The molecule has 0 aliphatic carbocycles. The summed E-state index contributed by atoms with van der Waals surface area (Å²) in [6.45, 7) is 1.93. The van der Waals surface area contributed by atoms with Crippen molar-refractivity contribution in [2.75, 3.05) is 13.3 Å². The smallest absolute Gasteiger partial charge is 0.231 e. The Morgan fingerprint density at radius 3 is 2.88 bits per heavy atom. The first-order chi connectivity index (χ1) is 8.16. The lowest BCUT2D eigenvalue weighted by molar-refractivity contribution is -0.118. The molecule has 2 rings (SSSR count). The number of rotatable bonds is 1. The van der Waals surface area contributed by atoms with Gasteiger partial charge in [0.2, 0.25) is 12.7 Å². The number of nitrogens with one attached hydrogen (secondary N) is 1.